The molecule has 10 nitrogen and oxygen atoms in total. The van der Waals surface area contributed by atoms with Crippen molar-refractivity contribution >= 4 is 52.7 Å². The highest BCUT2D eigenvalue weighted by Crippen LogP contribution is 2.17. The molecule has 0 aromatic heterocycles. The topological polar surface area (TPSA) is 151 Å². The Hall–Kier alpha value is -3.63. The van der Waals surface area contributed by atoms with Crippen LogP contribution >= 0.6 is 23.2 Å². The van der Waals surface area contributed by atoms with Crippen molar-refractivity contribution in [1.29, 1.82) is 0 Å². The summed E-state index contributed by atoms with van der Waals surface area (Å²) in [5, 5.41) is 3.29. The van der Waals surface area contributed by atoms with E-state index in [9.17, 15) is 24.0 Å². The predicted octanol–water partition coefficient (Wildman–Crippen LogP) is 5.45. The molecule has 0 atom stereocenters. The molecule has 2 aromatic carbocycles. The fourth-order valence-electron chi connectivity index (χ4n) is 2.99. The number of primary amides is 1. The average molecular weight is 612 g/mol. The highest BCUT2D eigenvalue weighted by Gasteiger charge is 2.19. The van der Waals surface area contributed by atoms with Crippen LogP contribution < -0.4 is 20.5 Å². The number of carbonyl (C=O) groups excluding carboxylic acids is 5. The van der Waals surface area contributed by atoms with Crippen molar-refractivity contribution in [1.82, 2.24) is 5.32 Å². The van der Waals surface area contributed by atoms with Gasteiger partial charge in [-0.1, -0.05) is 23.2 Å². The molecular formula is C29H36Cl2N2O8. The maximum absolute atomic E-state index is 11.7. The number of rotatable bonds is 14. The van der Waals surface area contributed by atoms with E-state index in [2.05, 4.69) is 0 Å². The van der Waals surface area contributed by atoms with Gasteiger partial charge in [-0.05, 0) is 82.1 Å². The Kier molecular flexibility index (Phi) is 16.1. The number of carbonyl (C=O) groups is 5. The Morgan fingerprint density at radius 2 is 1.15 bits per heavy atom. The van der Waals surface area contributed by atoms with Crippen molar-refractivity contribution in [2.24, 2.45) is 5.73 Å². The largest absolute Gasteiger partial charge is 0.494 e. The summed E-state index contributed by atoms with van der Waals surface area (Å²) in [7, 11) is 0. The number of amides is 3. The molecule has 0 aliphatic rings. The summed E-state index contributed by atoms with van der Waals surface area (Å²) in [4.78, 5) is 56.2. The van der Waals surface area contributed by atoms with Crippen LogP contribution in [-0.4, -0.2) is 48.3 Å². The number of imide groups is 1. The molecular weight excluding hydrogens is 575 g/mol. The minimum Gasteiger partial charge on any atom is -0.494 e. The van der Waals surface area contributed by atoms with E-state index < -0.39 is 23.5 Å². The van der Waals surface area contributed by atoms with Crippen molar-refractivity contribution in [3.8, 4) is 11.5 Å². The van der Waals surface area contributed by atoms with E-state index in [4.69, 9.17) is 43.1 Å². The number of hydrogen-bond acceptors (Lipinski definition) is 8. The Labute approximate surface area is 249 Å². The first-order chi connectivity index (χ1) is 19.2. The van der Waals surface area contributed by atoms with Gasteiger partial charge in [-0.2, -0.15) is 0 Å². The van der Waals surface area contributed by atoms with E-state index in [1.54, 1.807) is 69.3 Å². The van der Waals surface area contributed by atoms with E-state index in [0.717, 1.165) is 0 Å². The number of ether oxygens (including phenoxy) is 3. The summed E-state index contributed by atoms with van der Waals surface area (Å²) in [6.45, 7) is 5.82. The molecule has 0 bridgehead atoms. The van der Waals surface area contributed by atoms with Crippen molar-refractivity contribution in [3.05, 3.63) is 58.6 Å². The van der Waals surface area contributed by atoms with Gasteiger partial charge in [0.05, 0.1) is 26.1 Å². The van der Waals surface area contributed by atoms with Gasteiger partial charge in [0.25, 0.3) is 0 Å². The molecule has 0 saturated heterocycles. The van der Waals surface area contributed by atoms with Crippen LogP contribution in [0.3, 0.4) is 0 Å². The van der Waals surface area contributed by atoms with E-state index in [1.807, 2.05) is 5.32 Å². The molecule has 0 fully saturated rings. The van der Waals surface area contributed by atoms with Gasteiger partial charge in [0.15, 0.2) is 0 Å². The highest BCUT2D eigenvalue weighted by molar-refractivity contribution is 6.30. The van der Waals surface area contributed by atoms with Crippen LogP contribution in [0.25, 0.3) is 0 Å². The van der Waals surface area contributed by atoms with Gasteiger partial charge in [-0.3, -0.25) is 24.5 Å². The van der Waals surface area contributed by atoms with Gasteiger partial charge in [0.1, 0.15) is 28.7 Å². The second kappa shape index (κ2) is 18.7. The molecule has 2 rings (SSSR count). The first kappa shape index (κ1) is 35.4. The number of Topliss-reactive ketones (excluding diaryl/α,β-unsaturated/α-hetero) is 2. The van der Waals surface area contributed by atoms with Gasteiger partial charge in [-0.25, -0.2) is 4.79 Å². The van der Waals surface area contributed by atoms with Crippen LogP contribution in [0.1, 0.15) is 59.3 Å². The van der Waals surface area contributed by atoms with E-state index >= 15 is 0 Å². The third-order valence-electron chi connectivity index (χ3n) is 4.73. The quantitative estimate of drug-likeness (QED) is 0.211. The zero-order chi connectivity index (χ0) is 30.8. The summed E-state index contributed by atoms with van der Waals surface area (Å²) in [5.41, 5.74) is 4.20. The molecule has 0 saturated carbocycles. The molecule has 2 aromatic rings. The lowest BCUT2D eigenvalue weighted by Gasteiger charge is -2.19. The fourth-order valence-corrected chi connectivity index (χ4v) is 3.24. The lowest BCUT2D eigenvalue weighted by Crippen LogP contribution is -2.37. The number of alkyl carbamates (subject to hydrolysis) is 1. The first-order valence-corrected chi connectivity index (χ1v) is 13.6. The zero-order valence-electron chi connectivity index (χ0n) is 23.4. The Bertz CT molecular complexity index is 1150. The number of ketones is 2. The number of halogens is 2. The van der Waals surface area contributed by atoms with Crippen LogP contribution in [0.4, 0.5) is 4.79 Å². The Balaban J connectivity index is 0.000000435. The molecule has 3 amide bonds. The van der Waals surface area contributed by atoms with Crippen LogP contribution in [-0.2, 0) is 23.9 Å². The third kappa shape index (κ3) is 19.1. The highest BCUT2D eigenvalue weighted by atomic mass is 35.5. The van der Waals surface area contributed by atoms with Crippen molar-refractivity contribution in [3.63, 3.8) is 0 Å². The van der Waals surface area contributed by atoms with Crippen molar-refractivity contribution in [2.75, 3.05) is 13.2 Å². The SMILES string of the molecule is CC(C)(C)OC(=O)NC(=O)CC(=O)CCCOc1ccc(Cl)cc1.NC(=O)CC(=O)CCCOc1ccc(Cl)cc1. The molecule has 0 spiro atoms. The Morgan fingerprint density at radius 3 is 1.54 bits per heavy atom. The fraction of sp³-hybridized carbons (Fsp3) is 0.414. The molecule has 41 heavy (non-hydrogen) atoms. The molecule has 0 unspecified atom stereocenters. The predicted molar refractivity (Wildman–Crippen MR) is 155 cm³/mol. The van der Waals surface area contributed by atoms with E-state index in [1.165, 1.54) is 0 Å². The van der Waals surface area contributed by atoms with Crippen LogP contribution in [0.2, 0.25) is 10.0 Å². The van der Waals surface area contributed by atoms with Crippen LogP contribution in [0.5, 0.6) is 11.5 Å². The minimum absolute atomic E-state index is 0.155. The number of benzene rings is 2. The number of nitrogens with two attached hydrogens (primary N) is 1. The standard InChI is InChI=1S/C17H22ClNO5.C12H14ClNO3/c1-17(2,3)24-16(22)19-15(21)11-13(20)5-4-10-23-14-8-6-12(18)7-9-14;13-9-3-5-11(6-4-9)17-7-1-2-10(15)8-12(14)16/h6-9H,4-5,10-11H2,1-3H3,(H,19,21,22);3-6H,1-2,7-8H2,(H2,14,16). The average Bonchev–Trinajstić information content (AvgIpc) is 2.85. The monoisotopic (exact) mass is 610 g/mol. The van der Waals surface area contributed by atoms with Gasteiger partial charge in [-0.15, -0.1) is 0 Å². The molecule has 12 heteroatoms. The molecule has 3 N–H and O–H groups in total. The minimum atomic E-state index is -0.855. The Morgan fingerprint density at radius 1 is 0.732 bits per heavy atom. The number of hydrogen-bond donors (Lipinski definition) is 2. The van der Waals surface area contributed by atoms with Gasteiger partial charge in [0.2, 0.25) is 11.8 Å². The lowest BCUT2D eigenvalue weighted by molar-refractivity contribution is -0.129. The van der Waals surface area contributed by atoms with Gasteiger partial charge in [0, 0.05) is 22.9 Å². The van der Waals surface area contributed by atoms with Crippen LogP contribution in [0.15, 0.2) is 48.5 Å². The maximum atomic E-state index is 11.7. The van der Waals surface area contributed by atoms with Crippen molar-refractivity contribution < 1.29 is 38.2 Å². The molecule has 0 aliphatic heterocycles. The molecule has 0 radical (unpaired) electrons. The third-order valence-corrected chi connectivity index (χ3v) is 5.24. The number of nitrogens with one attached hydrogen (secondary N) is 1. The van der Waals surface area contributed by atoms with Crippen molar-refractivity contribution in [2.45, 2.75) is 64.9 Å². The zero-order valence-corrected chi connectivity index (χ0v) is 24.9. The van der Waals surface area contributed by atoms with E-state index in [-0.39, 0.29) is 30.8 Å². The maximum Gasteiger partial charge on any atom is 0.414 e. The van der Waals surface area contributed by atoms with Gasteiger partial charge >= 0.3 is 6.09 Å². The smallest absolute Gasteiger partial charge is 0.414 e. The summed E-state index contributed by atoms with van der Waals surface area (Å²) in [6, 6.07) is 13.9. The normalized spacial score (nSPS) is 10.5. The summed E-state index contributed by atoms with van der Waals surface area (Å²) < 4.78 is 15.8. The van der Waals surface area contributed by atoms with Gasteiger partial charge < -0.3 is 19.9 Å². The molecule has 0 aliphatic carbocycles. The summed E-state index contributed by atoms with van der Waals surface area (Å²) in [5.74, 6) is -0.319. The second-order valence-electron chi connectivity index (χ2n) is 9.76. The summed E-state index contributed by atoms with van der Waals surface area (Å²) in [6.07, 6.45) is 0.120. The molecule has 224 valence electrons. The van der Waals surface area contributed by atoms with Crippen LogP contribution in [0, 0.1) is 0 Å². The first-order valence-electron chi connectivity index (χ1n) is 12.8. The van der Waals surface area contributed by atoms with E-state index in [0.29, 0.717) is 54.0 Å². The molecule has 0 heterocycles. The second-order valence-corrected chi connectivity index (χ2v) is 10.6. The summed E-state index contributed by atoms with van der Waals surface area (Å²) >= 11 is 11.5. The lowest BCUT2D eigenvalue weighted by atomic mass is 10.1.